The number of hydrogen-bond acceptors (Lipinski definition) is 8. The first-order chi connectivity index (χ1) is 16.4. The molecule has 0 saturated heterocycles. The number of allylic oxidation sites excluding steroid dienone is 2. The monoisotopic (exact) mass is 478 g/mol. The van der Waals surface area contributed by atoms with Crippen LogP contribution in [0.25, 0.3) is 11.1 Å². The van der Waals surface area contributed by atoms with E-state index in [2.05, 4.69) is 45.5 Å². The maximum absolute atomic E-state index is 13.4. The minimum absolute atomic E-state index is 0.153. The summed E-state index contributed by atoms with van der Waals surface area (Å²) in [4.78, 5) is 31.9. The van der Waals surface area contributed by atoms with Crippen molar-refractivity contribution in [1.29, 1.82) is 0 Å². The number of para-hydroxylation sites is 2. The Morgan fingerprint density at radius 1 is 1.29 bits per heavy atom. The van der Waals surface area contributed by atoms with E-state index in [1.54, 1.807) is 11.8 Å². The molecule has 0 spiro atoms. The van der Waals surface area contributed by atoms with Crippen molar-refractivity contribution < 1.29 is 9.21 Å². The van der Waals surface area contributed by atoms with Crippen LogP contribution in [0.2, 0.25) is 0 Å². The molecule has 3 heterocycles. The molecule has 1 aromatic heterocycles. The Morgan fingerprint density at radius 3 is 2.76 bits per heavy atom. The number of carbonyl (C=O) groups excluding carboxylic acids is 1. The average molecular weight is 479 g/mol. The van der Waals surface area contributed by atoms with Gasteiger partial charge in [0.1, 0.15) is 11.4 Å². The molecule has 4 rings (SSSR count). The van der Waals surface area contributed by atoms with E-state index in [1.807, 2.05) is 51.1 Å². The highest BCUT2D eigenvalue weighted by atomic mass is 32.2. The van der Waals surface area contributed by atoms with Gasteiger partial charge < -0.3 is 9.73 Å². The van der Waals surface area contributed by atoms with E-state index < -0.39 is 12.0 Å². The van der Waals surface area contributed by atoms with Gasteiger partial charge in [-0.15, -0.1) is 0 Å². The number of nitrogens with zero attached hydrogens (tertiary/aromatic N) is 4. The quantitative estimate of drug-likeness (QED) is 0.591. The fourth-order valence-corrected chi connectivity index (χ4v) is 5.05. The zero-order valence-corrected chi connectivity index (χ0v) is 20.9. The number of aliphatic imine (C=N–C) groups is 3. The molecule has 2 aromatic rings. The van der Waals surface area contributed by atoms with E-state index in [1.165, 1.54) is 0 Å². The SMILES string of the molecule is CC=C(C(C)=CCC)C1N=C(Nc2nc3ccccc3o2)N=C(C)C1C(=O)NC1=NC(C)CS1. The molecule has 3 unspecified atom stereocenters. The van der Waals surface area contributed by atoms with Crippen molar-refractivity contribution in [2.45, 2.75) is 53.1 Å². The molecule has 8 nitrogen and oxygen atoms in total. The predicted molar refractivity (Wildman–Crippen MR) is 141 cm³/mol. The number of thioether (sulfide) groups is 1. The number of oxazole rings is 1. The summed E-state index contributed by atoms with van der Waals surface area (Å²) in [7, 11) is 0. The van der Waals surface area contributed by atoms with E-state index in [0.717, 1.165) is 28.8 Å². The smallest absolute Gasteiger partial charge is 0.302 e. The van der Waals surface area contributed by atoms with Gasteiger partial charge in [-0.1, -0.05) is 48.5 Å². The molecule has 1 aromatic carbocycles. The van der Waals surface area contributed by atoms with Gasteiger partial charge >= 0.3 is 6.01 Å². The normalized spacial score (nSPS) is 23.4. The Balaban J connectivity index is 1.67. The van der Waals surface area contributed by atoms with Crippen molar-refractivity contribution in [2.24, 2.45) is 20.9 Å². The molecule has 0 aliphatic carbocycles. The number of fused-ring (bicyclic) bond motifs is 1. The molecule has 2 N–H and O–H groups in total. The molecule has 0 saturated carbocycles. The van der Waals surface area contributed by atoms with Gasteiger partial charge in [0.2, 0.25) is 11.9 Å². The number of amides is 1. The number of hydrogen-bond donors (Lipinski definition) is 2. The standard InChI is InChI=1S/C25H30N6O2S/c1-6-10-14(3)17(7-2)21-20(22(32)30-25-26-15(4)13-34-25)16(5)27-23(29-21)31-24-28-18-11-8-9-12-19(18)33-24/h7-12,15,20-21H,6,13H2,1-5H3,(H,26,30,32)(H,28,29,31). The summed E-state index contributed by atoms with van der Waals surface area (Å²) < 4.78 is 5.79. The van der Waals surface area contributed by atoms with E-state index in [0.29, 0.717) is 28.4 Å². The molecular weight excluding hydrogens is 448 g/mol. The second-order valence-electron chi connectivity index (χ2n) is 8.36. The number of aromatic nitrogens is 1. The second kappa shape index (κ2) is 10.4. The molecule has 34 heavy (non-hydrogen) atoms. The van der Waals surface area contributed by atoms with Crippen molar-refractivity contribution in [1.82, 2.24) is 10.3 Å². The van der Waals surface area contributed by atoms with Gasteiger partial charge in [-0.05, 0) is 51.8 Å². The Kier molecular flexibility index (Phi) is 7.31. The van der Waals surface area contributed by atoms with Gasteiger partial charge in [0, 0.05) is 11.5 Å². The van der Waals surface area contributed by atoms with Crippen molar-refractivity contribution in [2.75, 3.05) is 11.1 Å². The zero-order valence-electron chi connectivity index (χ0n) is 20.1. The summed E-state index contributed by atoms with van der Waals surface area (Å²) in [5.74, 6) is 0.522. The van der Waals surface area contributed by atoms with Crippen LogP contribution in [0, 0.1) is 5.92 Å². The highest BCUT2D eigenvalue weighted by Crippen LogP contribution is 2.29. The molecule has 0 fully saturated rings. The lowest BCUT2D eigenvalue weighted by atomic mass is 9.84. The van der Waals surface area contributed by atoms with Gasteiger partial charge in [-0.25, -0.2) is 9.98 Å². The van der Waals surface area contributed by atoms with Crippen molar-refractivity contribution in [3.05, 3.63) is 47.6 Å². The topological polar surface area (TPSA) is 104 Å². The van der Waals surface area contributed by atoms with E-state index in [4.69, 9.17) is 9.41 Å². The van der Waals surface area contributed by atoms with Crippen LogP contribution in [0.3, 0.4) is 0 Å². The lowest BCUT2D eigenvalue weighted by Crippen LogP contribution is -2.46. The van der Waals surface area contributed by atoms with E-state index in [-0.39, 0.29) is 11.9 Å². The summed E-state index contributed by atoms with van der Waals surface area (Å²) in [6, 6.07) is 7.60. The van der Waals surface area contributed by atoms with E-state index >= 15 is 0 Å². The van der Waals surface area contributed by atoms with Gasteiger partial charge in [-0.2, -0.15) is 4.98 Å². The van der Waals surface area contributed by atoms with Crippen LogP contribution < -0.4 is 10.6 Å². The van der Waals surface area contributed by atoms with Gasteiger partial charge in [-0.3, -0.25) is 15.1 Å². The largest absolute Gasteiger partial charge is 0.423 e. The number of rotatable bonds is 5. The Bertz CT molecular complexity index is 1210. The maximum atomic E-state index is 13.4. The average Bonchev–Trinajstić information content (AvgIpc) is 3.39. The van der Waals surface area contributed by atoms with Crippen LogP contribution in [-0.2, 0) is 4.79 Å². The van der Waals surface area contributed by atoms with Crippen LogP contribution in [0.5, 0.6) is 0 Å². The third-order valence-electron chi connectivity index (χ3n) is 5.73. The number of amidine groups is 1. The maximum Gasteiger partial charge on any atom is 0.302 e. The molecule has 9 heteroatoms. The first kappa shape index (κ1) is 23.9. The van der Waals surface area contributed by atoms with Gasteiger partial charge in [0.25, 0.3) is 0 Å². The van der Waals surface area contributed by atoms with Crippen LogP contribution in [0.15, 0.2) is 67.0 Å². The van der Waals surface area contributed by atoms with Crippen LogP contribution in [-0.4, -0.2) is 45.6 Å². The number of anilines is 1. The van der Waals surface area contributed by atoms with Crippen molar-refractivity contribution >= 4 is 51.6 Å². The summed E-state index contributed by atoms with van der Waals surface area (Å²) in [6.07, 6.45) is 5.06. The summed E-state index contributed by atoms with van der Waals surface area (Å²) in [5.41, 5.74) is 4.17. The number of nitrogens with one attached hydrogen (secondary N) is 2. The Hall–Kier alpha value is -3.20. The van der Waals surface area contributed by atoms with Gasteiger partial charge in [0.05, 0.1) is 12.1 Å². The lowest BCUT2D eigenvalue weighted by molar-refractivity contribution is -0.121. The molecule has 1 amide bonds. The molecule has 0 radical (unpaired) electrons. The minimum Gasteiger partial charge on any atom is -0.423 e. The zero-order chi connectivity index (χ0) is 24.2. The molecule has 3 atom stereocenters. The molecular formula is C25H30N6O2S. The summed E-state index contributed by atoms with van der Waals surface area (Å²) >= 11 is 1.56. The molecule has 0 bridgehead atoms. The summed E-state index contributed by atoms with van der Waals surface area (Å²) in [6.45, 7) is 10.0. The minimum atomic E-state index is -0.556. The third kappa shape index (κ3) is 5.14. The fraction of sp³-hybridized carbons (Fsp3) is 0.400. The predicted octanol–water partition coefficient (Wildman–Crippen LogP) is 4.97. The molecule has 178 valence electrons. The number of benzene rings is 1. The Labute approximate surface area is 203 Å². The molecule has 2 aliphatic rings. The van der Waals surface area contributed by atoms with Crippen molar-refractivity contribution in [3.63, 3.8) is 0 Å². The second-order valence-corrected chi connectivity index (χ2v) is 9.37. The first-order valence-electron chi connectivity index (χ1n) is 11.5. The van der Waals surface area contributed by atoms with Crippen LogP contribution in [0.1, 0.15) is 41.0 Å². The van der Waals surface area contributed by atoms with Gasteiger partial charge in [0.15, 0.2) is 10.8 Å². The van der Waals surface area contributed by atoms with Crippen LogP contribution >= 0.6 is 11.8 Å². The third-order valence-corrected chi connectivity index (χ3v) is 6.86. The van der Waals surface area contributed by atoms with Crippen molar-refractivity contribution in [3.8, 4) is 0 Å². The number of carbonyl (C=O) groups is 1. The fourth-order valence-electron chi connectivity index (χ4n) is 4.15. The summed E-state index contributed by atoms with van der Waals surface area (Å²) in [5, 5.41) is 6.75. The number of guanidine groups is 1. The molecule has 2 aliphatic heterocycles. The van der Waals surface area contributed by atoms with E-state index in [9.17, 15) is 4.79 Å². The Morgan fingerprint density at radius 2 is 2.09 bits per heavy atom. The highest BCUT2D eigenvalue weighted by Gasteiger charge is 2.37. The lowest BCUT2D eigenvalue weighted by Gasteiger charge is -2.29. The highest BCUT2D eigenvalue weighted by molar-refractivity contribution is 8.14. The first-order valence-corrected chi connectivity index (χ1v) is 12.5. The van der Waals surface area contributed by atoms with Crippen LogP contribution in [0.4, 0.5) is 6.01 Å².